The first-order valence-corrected chi connectivity index (χ1v) is 6.72. The highest BCUT2D eigenvalue weighted by Gasteiger charge is 2.07. The minimum absolute atomic E-state index is 0.206. The third-order valence-corrected chi connectivity index (χ3v) is 3.41. The third-order valence-electron chi connectivity index (χ3n) is 3.08. The highest BCUT2D eigenvalue weighted by molar-refractivity contribution is 6.32. The quantitative estimate of drug-likeness (QED) is 0.605. The van der Waals surface area contributed by atoms with E-state index in [1.165, 1.54) is 24.3 Å². The van der Waals surface area contributed by atoms with Gasteiger partial charge in [-0.05, 0) is 55.0 Å². The number of carbonyl (C=O) groups is 1. The van der Waals surface area contributed by atoms with Crippen molar-refractivity contribution in [3.05, 3.63) is 70.0 Å². The van der Waals surface area contributed by atoms with Crippen molar-refractivity contribution in [3.8, 4) is 5.75 Å². The molecule has 0 N–H and O–H groups in total. The maximum Gasteiger partial charge on any atom is 0.185 e. The second-order valence-corrected chi connectivity index (χ2v) is 4.92. The topological polar surface area (TPSA) is 26.3 Å². The Labute approximate surface area is 127 Å². The van der Waals surface area contributed by atoms with Crippen LogP contribution in [-0.4, -0.2) is 12.9 Å². The molecule has 4 heteroatoms. The monoisotopic (exact) mass is 304 g/mol. The molecule has 0 saturated carbocycles. The van der Waals surface area contributed by atoms with Crippen LogP contribution in [0.2, 0.25) is 5.02 Å². The summed E-state index contributed by atoms with van der Waals surface area (Å²) in [4.78, 5) is 12.1. The molecule has 0 aromatic heterocycles. The molecule has 0 heterocycles. The van der Waals surface area contributed by atoms with Crippen LogP contribution in [0.3, 0.4) is 0 Å². The minimum atomic E-state index is -0.461. The van der Waals surface area contributed by atoms with Gasteiger partial charge in [0.1, 0.15) is 11.6 Å². The van der Waals surface area contributed by atoms with E-state index in [4.69, 9.17) is 16.3 Å². The van der Waals surface area contributed by atoms with Crippen molar-refractivity contribution in [1.29, 1.82) is 0 Å². The van der Waals surface area contributed by atoms with E-state index in [1.54, 1.807) is 31.4 Å². The number of hydrogen-bond acceptors (Lipinski definition) is 2. The fraction of sp³-hybridized carbons (Fsp3) is 0.118. The number of ether oxygens (including phenoxy) is 1. The number of benzene rings is 2. The number of carbonyl (C=O) groups excluding carboxylic acids is 1. The molecule has 0 aliphatic carbocycles. The Morgan fingerprint density at radius 1 is 1.29 bits per heavy atom. The number of allylic oxidation sites excluding steroid dienone is 1. The van der Waals surface area contributed by atoms with Gasteiger partial charge in [0.05, 0.1) is 12.1 Å². The van der Waals surface area contributed by atoms with E-state index in [-0.39, 0.29) is 16.4 Å². The standard InChI is InChI=1S/C17H14ClFO2/c1-11-10-12(6-9-17(11)21-2)16(20)8-7-13-14(18)4-3-5-15(13)19/h3-10H,1-2H3/b8-7+. The number of aryl methyl sites for hydroxylation is 1. The minimum Gasteiger partial charge on any atom is -0.496 e. The van der Waals surface area contributed by atoms with Crippen LogP contribution in [0.1, 0.15) is 21.5 Å². The van der Waals surface area contributed by atoms with Gasteiger partial charge < -0.3 is 4.74 Å². The lowest BCUT2D eigenvalue weighted by molar-refractivity contribution is 0.104. The molecule has 2 aromatic rings. The molecule has 0 fully saturated rings. The number of methoxy groups -OCH3 is 1. The average Bonchev–Trinajstić information content (AvgIpc) is 2.46. The second-order valence-electron chi connectivity index (χ2n) is 4.52. The zero-order valence-electron chi connectivity index (χ0n) is 11.7. The van der Waals surface area contributed by atoms with Crippen molar-refractivity contribution >= 4 is 23.5 Å². The zero-order valence-corrected chi connectivity index (χ0v) is 12.4. The predicted molar refractivity (Wildman–Crippen MR) is 82.5 cm³/mol. The number of hydrogen-bond donors (Lipinski definition) is 0. The van der Waals surface area contributed by atoms with Gasteiger partial charge in [-0.2, -0.15) is 0 Å². The van der Waals surface area contributed by atoms with E-state index < -0.39 is 5.82 Å². The molecule has 0 aliphatic rings. The predicted octanol–water partition coefficient (Wildman–Crippen LogP) is 4.69. The fourth-order valence-electron chi connectivity index (χ4n) is 1.96. The van der Waals surface area contributed by atoms with E-state index in [2.05, 4.69) is 0 Å². The van der Waals surface area contributed by atoms with Crippen LogP contribution in [0, 0.1) is 12.7 Å². The summed E-state index contributed by atoms with van der Waals surface area (Å²) in [5.41, 5.74) is 1.58. The molecule has 0 saturated heterocycles. The van der Waals surface area contributed by atoms with Gasteiger partial charge in [0.25, 0.3) is 0 Å². The maximum atomic E-state index is 13.6. The molecule has 2 rings (SSSR count). The van der Waals surface area contributed by atoms with Crippen molar-refractivity contribution in [3.63, 3.8) is 0 Å². The molecule has 0 radical (unpaired) electrons. The molecule has 108 valence electrons. The van der Waals surface area contributed by atoms with Crippen molar-refractivity contribution < 1.29 is 13.9 Å². The number of rotatable bonds is 4. The van der Waals surface area contributed by atoms with Gasteiger partial charge in [-0.1, -0.05) is 17.7 Å². The van der Waals surface area contributed by atoms with Gasteiger partial charge in [0, 0.05) is 11.1 Å². The van der Waals surface area contributed by atoms with Crippen LogP contribution < -0.4 is 4.74 Å². The molecule has 2 aromatic carbocycles. The maximum absolute atomic E-state index is 13.6. The van der Waals surface area contributed by atoms with E-state index in [9.17, 15) is 9.18 Å². The van der Waals surface area contributed by atoms with E-state index in [0.29, 0.717) is 11.3 Å². The first-order valence-electron chi connectivity index (χ1n) is 6.34. The molecule has 0 bridgehead atoms. The van der Waals surface area contributed by atoms with Gasteiger partial charge in [0.15, 0.2) is 5.78 Å². The van der Waals surface area contributed by atoms with Gasteiger partial charge in [0.2, 0.25) is 0 Å². The van der Waals surface area contributed by atoms with E-state index in [0.717, 1.165) is 5.56 Å². The zero-order chi connectivity index (χ0) is 15.4. The Bertz CT molecular complexity index is 688. The lowest BCUT2D eigenvalue weighted by Gasteiger charge is -2.05. The first kappa shape index (κ1) is 15.3. The Balaban J connectivity index is 2.25. The van der Waals surface area contributed by atoms with Crippen LogP contribution >= 0.6 is 11.6 Å². The summed E-state index contributed by atoms with van der Waals surface area (Å²) < 4.78 is 18.7. The van der Waals surface area contributed by atoms with Crippen LogP contribution in [0.5, 0.6) is 5.75 Å². The largest absolute Gasteiger partial charge is 0.496 e. The lowest BCUT2D eigenvalue weighted by atomic mass is 10.1. The van der Waals surface area contributed by atoms with Crippen molar-refractivity contribution in [2.24, 2.45) is 0 Å². The first-order chi connectivity index (χ1) is 10.0. The molecule has 2 nitrogen and oxygen atoms in total. The molecular weight excluding hydrogens is 291 g/mol. The fourth-order valence-corrected chi connectivity index (χ4v) is 2.18. The smallest absolute Gasteiger partial charge is 0.185 e. The van der Waals surface area contributed by atoms with E-state index in [1.807, 2.05) is 6.92 Å². The van der Waals surface area contributed by atoms with Gasteiger partial charge >= 0.3 is 0 Å². The van der Waals surface area contributed by atoms with E-state index >= 15 is 0 Å². The Hall–Kier alpha value is -2.13. The Morgan fingerprint density at radius 2 is 2.05 bits per heavy atom. The Kier molecular flexibility index (Phi) is 4.76. The molecular formula is C17H14ClFO2. The summed E-state index contributed by atoms with van der Waals surface area (Å²) >= 11 is 5.90. The van der Waals surface area contributed by atoms with Crippen molar-refractivity contribution in [1.82, 2.24) is 0 Å². The Morgan fingerprint density at radius 3 is 2.67 bits per heavy atom. The third kappa shape index (κ3) is 3.50. The van der Waals surface area contributed by atoms with Gasteiger partial charge in [-0.15, -0.1) is 0 Å². The summed E-state index contributed by atoms with van der Waals surface area (Å²) in [7, 11) is 1.57. The van der Waals surface area contributed by atoms with Crippen molar-refractivity contribution in [2.75, 3.05) is 7.11 Å². The van der Waals surface area contributed by atoms with Gasteiger partial charge in [-0.3, -0.25) is 4.79 Å². The summed E-state index contributed by atoms with van der Waals surface area (Å²) in [6.45, 7) is 1.85. The summed E-state index contributed by atoms with van der Waals surface area (Å²) in [5.74, 6) is 0.0326. The number of ketones is 1. The average molecular weight is 305 g/mol. The summed E-state index contributed by atoms with van der Waals surface area (Å²) in [5, 5.41) is 0.268. The molecule has 0 amide bonds. The molecule has 21 heavy (non-hydrogen) atoms. The van der Waals surface area contributed by atoms with Gasteiger partial charge in [-0.25, -0.2) is 4.39 Å². The van der Waals surface area contributed by atoms with Crippen LogP contribution in [0.25, 0.3) is 6.08 Å². The highest BCUT2D eigenvalue weighted by atomic mass is 35.5. The summed E-state index contributed by atoms with van der Waals surface area (Å²) in [6.07, 6.45) is 2.70. The van der Waals surface area contributed by atoms with Crippen LogP contribution in [0.4, 0.5) is 4.39 Å². The molecule has 0 atom stereocenters. The SMILES string of the molecule is COc1ccc(C(=O)/C=C/c2c(F)cccc2Cl)cc1C. The molecule has 0 aliphatic heterocycles. The number of halogens is 2. The highest BCUT2D eigenvalue weighted by Crippen LogP contribution is 2.22. The molecule has 0 unspecified atom stereocenters. The second kappa shape index (κ2) is 6.55. The lowest BCUT2D eigenvalue weighted by Crippen LogP contribution is -1.96. The molecule has 0 spiro atoms. The summed E-state index contributed by atoms with van der Waals surface area (Å²) in [6, 6.07) is 9.52. The van der Waals surface area contributed by atoms with Crippen molar-refractivity contribution in [2.45, 2.75) is 6.92 Å². The normalized spacial score (nSPS) is 10.9. The van der Waals surface area contributed by atoms with Crippen LogP contribution in [-0.2, 0) is 0 Å². The van der Waals surface area contributed by atoms with Crippen LogP contribution in [0.15, 0.2) is 42.5 Å².